The van der Waals surface area contributed by atoms with Crippen molar-refractivity contribution in [2.75, 3.05) is 0 Å². The summed E-state index contributed by atoms with van der Waals surface area (Å²) >= 11 is 0. The van der Waals surface area contributed by atoms with Crippen LogP contribution in [-0.2, 0) is 16.6 Å². The first kappa shape index (κ1) is 24.3. The summed E-state index contributed by atoms with van der Waals surface area (Å²) in [5.74, 6) is -2.12. The molecule has 1 saturated carbocycles. The summed E-state index contributed by atoms with van der Waals surface area (Å²) in [4.78, 5) is 25.6. The van der Waals surface area contributed by atoms with Crippen molar-refractivity contribution >= 4 is 11.8 Å². The fraction of sp³-hybridized carbons (Fsp3) is 0.348. The van der Waals surface area contributed by atoms with Crippen LogP contribution in [0, 0.1) is 5.82 Å². The number of alkyl halides is 3. The van der Waals surface area contributed by atoms with Crippen molar-refractivity contribution in [3.8, 4) is 22.5 Å². The normalized spacial score (nSPS) is 15.4. The number of hydrogen-bond acceptors (Lipinski definition) is 5. The van der Waals surface area contributed by atoms with E-state index in [1.54, 1.807) is 50.4 Å². The summed E-state index contributed by atoms with van der Waals surface area (Å²) in [7, 11) is 1.58. The Labute approximate surface area is 197 Å². The molecule has 0 bridgehead atoms. The van der Waals surface area contributed by atoms with Crippen molar-refractivity contribution in [1.82, 2.24) is 30.8 Å². The molecular weight excluding hydrogens is 468 g/mol. The van der Waals surface area contributed by atoms with Gasteiger partial charge in [-0.05, 0) is 47.7 Å². The standard InChI is InChI=1S/C23H22F4N6O2/c1-13(28-21(35)22(10-11-22)29-18(34)12-23(25,26)27)14-6-8-15(9-7-14)16-4-3-5-17(24)19(16)20-30-32-33(2)31-20/h3-9,13H,10-12H2,1-2H3,(H,28,35)(H,29,34)/t13-/m1/s1. The van der Waals surface area contributed by atoms with Crippen molar-refractivity contribution in [2.45, 2.75) is 43.9 Å². The Morgan fingerprint density at radius 1 is 1.14 bits per heavy atom. The average molecular weight is 490 g/mol. The van der Waals surface area contributed by atoms with E-state index >= 15 is 0 Å². The monoisotopic (exact) mass is 490 g/mol. The average Bonchev–Trinajstić information content (AvgIpc) is 3.43. The van der Waals surface area contributed by atoms with Crippen molar-refractivity contribution < 1.29 is 27.2 Å². The second-order valence-corrected chi connectivity index (χ2v) is 8.50. The number of rotatable bonds is 7. The number of benzene rings is 2. The molecule has 4 rings (SSSR count). The number of tetrazole rings is 1. The maximum absolute atomic E-state index is 14.6. The highest BCUT2D eigenvalue weighted by molar-refractivity contribution is 5.94. The molecule has 0 unspecified atom stereocenters. The molecule has 0 saturated heterocycles. The highest BCUT2D eigenvalue weighted by Crippen LogP contribution is 2.37. The molecule has 184 valence electrons. The van der Waals surface area contributed by atoms with E-state index in [0.717, 1.165) is 5.56 Å². The van der Waals surface area contributed by atoms with E-state index < -0.39 is 41.8 Å². The molecule has 1 atom stereocenters. The first-order chi connectivity index (χ1) is 16.5. The SMILES string of the molecule is C[C@@H](NC(=O)C1(NC(=O)CC(F)(F)F)CC1)c1ccc(-c2cccc(F)c2-c2nnn(C)n2)cc1. The van der Waals surface area contributed by atoms with Crippen LogP contribution in [0.3, 0.4) is 0 Å². The fourth-order valence-electron chi connectivity index (χ4n) is 3.77. The Kier molecular flexibility index (Phi) is 6.30. The van der Waals surface area contributed by atoms with Gasteiger partial charge in [0.2, 0.25) is 17.6 Å². The minimum atomic E-state index is -4.64. The number of halogens is 4. The Morgan fingerprint density at radius 2 is 1.83 bits per heavy atom. The first-order valence-electron chi connectivity index (χ1n) is 10.8. The largest absolute Gasteiger partial charge is 0.397 e. The van der Waals surface area contributed by atoms with Gasteiger partial charge in [-0.25, -0.2) is 4.39 Å². The van der Waals surface area contributed by atoms with Gasteiger partial charge in [-0.15, -0.1) is 10.2 Å². The van der Waals surface area contributed by atoms with E-state index in [4.69, 9.17) is 0 Å². The van der Waals surface area contributed by atoms with Crippen LogP contribution in [0.1, 0.15) is 37.8 Å². The van der Waals surface area contributed by atoms with Crippen LogP contribution in [0.25, 0.3) is 22.5 Å². The summed E-state index contributed by atoms with van der Waals surface area (Å²) in [6.45, 7) is 1.72. The second-order valence-electron chi connectivity index (χ2n) is 8.50. The van der Waals surface area contributed by atoms with Crippen LogP contribution < -0.4 is 10.6 Å². The smallest absolute Gasteiger partial charge is 0.348 e. The molecule has 3 aromatic rings. The molecule has 2 aromatic carbocycles. The lowest BCUT2D eigenvalue weighted by atomic mass is 9.96. The topological polar surface area (TPSA) is 102 Å². The minimum Gasteiger partial charge on any atom is -0.348 e. The molecule has 1 aromatic heterocycles. The Balaban J connectivity index is 1.47. The lowest BCUT2D eigenvalue weighted by Crippen LogP contribution is -2.50. The zero-order valence-corrected chi connectivity index (χ0v) is 18.9. The highest BCUT2D eigenvalue weighted by atomic mass is 19.4. The lowest BCUT2D eigenvalue weighted by molar-refractivity contribution is -0.155. The van der Waals surface area contributed by atoms with Crippen molar-refractivity contribution in [2.24, 2.45) is 7.05 Å². The third kappa shape index (κ3) is 5.47. The van der Waals surface area contributed by atoms with E-state index in [2.05, 4.69) is 26.0 Å². The third-order valence-corrected chi connectivity index (χ3v) is 5.74. The molecule has 0 radical (unpaired) electrons. The molecule has 35 heavy (non-hydrogen) atoms. The summed E-state index contributed by atoms with van der Waals surface area (Å²) < 4.78 is 51.9. The molecule has 2 amide bonds. The van der Waals surface area contributed by atoms with Crippen LogP contribution in [0.15, 0.2) is 42.5 Å². The van der Waals surface area contributed by atoms with Crippen LogP contribution in [0.5, 0.6) is 0 Å². The van der Waals surface area contributed by atoms with Gasteiger partial charge in [0.1, 0.15) is 17.8 Å². The lowest BCUT2D eigenvalue weighted by Gasteiger charge is -2.21. The number of nitrogens with one attached hydrogen (secondary N) is 2. The van der Waals surface area contributed by atoms with E-state index in [9.17, 15) is 27.2 Å². The van der Waals surface area contributed by atoms with Gasteiger partial charge in [0.15, 0.2) is 0 Å². The summed E-state index contributed by atoms with van der Waals surface area (Å²) in [5.41, 5.74) is 0.865. The third-order valence-electron chi connectivity index (χ3n) is 5.74. The maximum atomic E-state index is 14.6. The Hall–Kier alpha value is -3.83. The number of carbonyl (C=O) groups excluding carboxylic acids is 2. The van der Waals surface area contributed by atoms with Crippen LogP contribution in [0.4, 0.5) is 17.6 Å². The molecule has 1 heterocycles. The number of amides is 2. The van der Waals surface area contributed by atoms with E-state index in [1.807, 2.05) is 0 Å². The zero-order chi connectivity index (χ0) is 25.4. The summed E-state index contributed by atoms with van der Waals surface area (Å²) in [6.07, 6.45) is -5.73. The molecule has 12 heteroatoms. The highest BCUT2D eigenvalue weighted by Gasteiger charge is 2.52. The predicted octanol–water partition coefficient (Wildman–Crippen LogP) is 3.46. The molecule has 1 aliphatic rings. The minimum absolute atomic E-state index is 0.146. The molecule has 0 spiro atoms. The van der Waals surface area contributed by atoms with E-state index in [0.29, 0.717) is 11.1 Å². The molecule has 1 fully saturated rings. The maximum Gasteiger partial charge on any atom is 0.397 e. The summed E-state index contributed by atoms with van der Waals surface area (Å²) in [5, 5.41) is 16.7. The predicted molar refractivity (Wildman–Crippen MR) is 117 cm³/mol. The van der Waals surface area contributed by atoms with Gasteiger partial charge in [-0.3, -0.25) is 9.59 Å². The molecule has 0 aliphatic heterocycles. The van der Waals surface area contributed by atoms with Crippen LogP contribution in [0.2, 0.25) is 0 Å². The van der Waals surface area contributed by atoms with Gasteiger partial charge < -0.3 is 10.6 Å². The van der Waals surface area contributed by atoms with Crippen LogP contribution >= 0.6 is 0 Å². The van der Waals surface area contributed by atoms with Gasteiger partial charge >= 0.3 is 6.18 Å². The second kappa shape index (κ2) is 9.08. The number of aromatic nitrogens is 4. The van der Waals surface area contributed by atoms with E-state index in [1.165, 1.54) is 10.9 Å². The fourth-order valence-corrected chi connectivity index (χ4v) is 3.77. The van der Waals surface area contributed by atoms with Gasteiger partial charge in [0, 0.05) is 0 Å². The summed E-state index contributed by atoms with van der Waals surface area (Å²) in [6, 6.07) is 11.1. The zero-order valence-electron chi connectivity index (χ0n) is 18.9. The van der Waals surface area contributed by atoms with Crippen molar-refractivity contribution in [3.63, 3.8) is 0 Å². The van der Waals surface area contributed by atoms with E-state index in [-0.39, 0.29) is 24.2 Å². The number of carbonyl (C=O) groups is 2. The molecule has 1 aliphatic carbocycles. The number of hydrogen-bond donors (Lipinski definition) is 2. The molecule has 2 N–H and O–H groups in total. The number of aryl methyl sites for hydroxylation is 1. The van der Waals surface area contributed by atoms with Gasteiger partial charge in [0.25, 0.3) is 0 Å². The quantitative estimate of drug-likeness (QED) is 0.494. The van der Waals surface area contributed by atoms with Gasteiger partial charge in [-0.2, -0.15) is 18.0 Å². The molecule has 8 nitrogen and oxygen atoms in total. The molecular formula is C23H22F4N6O2. The Bertz CT molecular complexity index is 1250. The van der Waals surface area contributed by atoms with Crippen molar-refractivity contribution in [1.29, 1.82) is 0 Å². The number of nitrogens with zero attached hydrogens (tertiary/aromatic N) is 4. The van der Waals surface area contributed by atoms with Gasteiger partial charge in [-0.1, -0.05) is 36.4 Å². The van der Waals surface area contributed by atoms with Gasteiger partial charge in [0.05, 0.1) is 18.7 Å². The van der Waals surface area contributed by atoms with Crippen molar-refractivity contribution in [3.05, 3.63) is 53.8 Å². The first-order valence-corrected chi connectivity index (χ1v) is 10.8. The Morgan fingerprint density at radius 3 is 2.40 bits per heavy atom. The van der Waals surface area contributed by atoms with Crippen LogP contribution in [-0.4, -0.2) is 43.7 Å².